The van der Waals surface area contributed by atoms with Crippen LogP contribution in [0.5, 0.6) is 0 Å². The van der Waals surface area contributed by atoms with Crippen molar-refractivity contribution in [2.75, 3.05) is 0 Å². The molecule has 0 fully saturated rings. The molecule has 0 saturated heterocycles. The van der Waals surface area contributed by atoms with Gasteiger partial charge in [0.15, 0.2) is 5.69 Å². The Kier molecular flexibility index (Phi) is 3.12. The molecule has 2 aromatic heterocycles. The van der Waals surface area contributed by atoms with E-state index in [-0.39, 0.29) is 10.7 Å². The van der Waals surface area contributed by atoms with E-state index >= 15 is 0 Å². The van der Waals surface area contributed by atoms with Crippen LogP contribution in [0.2, 0.25) is 5.02 Å². The number of pyridine rings is 1. The number of oxazole rings is 1. The van der Waals surface area contributed by atoms with Gasteiger partial charge in [-0.1, -0.05) is 11.6 Å². The molecule has 1 N–H and O–H groups in total. The molecule has 0 saturated carbocycles. The Hall–Kier alpha value is -1.53. The van der Waals surface area contributed by atoms with Gasteiger partial charge >= 0.3 is 5.97 Å². The molecule has 0 aliphatic rings. The van der Waals surface area contributed by atoms with Crippen molar-refractivity contribution < 1.29 is 14.3 Å². The summed E-state index contributed by atoms with van der Waals surface area (Å²) >= 11 is 6.81. The highest BCUT2D eigenvalue weighted by atomic mass is 35.5. The minimum atomic E-state index is -1.17. The van der Waals surface area contributed by atoms with Gasteiger partial charge in [0.2, 0.25) is 0 Å². The number of carboxylic acids is 1. The lowest BCUT2D eigenvalue weighted by atomic mass is 10.3. The number of hydrogen-bond acceptors (Lipinski definition) is 5. The molecule has 0 spiro atoms. The van der Waals surface area contributed by atoms with Crippen molar-refractivity contribution in [3.63, 3.8) is 0 Å². The zero-order valence-electron chi connectivity index (χ0n) is 7.75. The van der Waals surface area contributed by atoms with E-state index in [0.717, 1.165) is 11.8 Å². The molecule has 16 heavy (non-hydrogen) atoms. The van der Waals surface area contributed by atoms with E-state index in [1.807, 2.05) is 0 Å². The van der Waals surface area contributed by atoms with Crippen LogP contribution in [0.15, 0.2) is 39.3 Å². The van der Waals surface area contributed by atoms with Crippen LogP contribution in [-0.4, -0.2) is 21.0 Å². The molecule has 2 aromatic rings. The van der Waals surface area contributed by atoms with Crippen LogP contribution in [0.3, 0.4) is 0 Å². The van der Waals surface area contributed by atoms with Crippen molar-refractivity contribution in [3.8, 4) is 0 Å². The number of hydrogen-bond donors (Lipinski definition) is 1. The minimum Gasteiger partial charge on any atom is -0.476 e. The SMILES string of the molecule is O=C(O)c1nc(Sc2ncco2)ccc1Cl. The van der Waals surface area contributed by atoms with Crippen LogP contribution < -0.4 is 0 Å². The third-order valence-corrected chi connectivity index (χ3v) is 2.74. The van der Waals surface area contributed by atoms with Gasteiger partial charge in [0.1, 0.15) is 11.3 Å². The monoisotopic (exact) mass is 256 g/mol. The Morgan fingerprint density at radius 1 is 1.50 bits per heavy atom. The topological polar surface area (TPSA) is 76.2 Å². The molecule has 82 valence electrons. The number of carboxylic acid groups (broad SMARTS) is 1. The van der Waals surface area contributed by atoms with E-state index in [4.69, 9.17) is 21.1 Å². The summed E-state index contributed by atoms with van der Waals surface area (Å²) in [6, 6.07) is 3.08. The van der Waals surface area contributed by atoms with Crippen LogP contribution in [-0.2, 0) is 0 Å². The molecule has 0 atom stereocenters. The molecular weight excluding hydrogens is 252 g/mol. The van der Waals surface area contributed by atoms with Crippen LogP contribution in [0, 0.1) is 0 Å². The molecule has 0 amide bonds. The van der Waals surface area contributed by atoms with Gasteiger partial charge < -0.3 is 9.52 Å². The van der Waals surface area contributed by atoms with E-state index in [9.17, 15) is 4.79 Å². The zero-order valence-corrected chi connectivity index (χ0v) is 9.33. The zero-order chi connectivity index (χ0) is 11.5. The maximum atomic E-state index is 10.8. The van der Waals surface area contributed by atoms with Crippen LogP contribution in [0.1, 0.15) is 10.5 Å². The summed E-state index contributed by atoms with van der Waals surface area (Å²) in [7, 11) is 0. The van der Waals surface area contributed by atoms with E-state index in [1.54, 1.807) is 6.07 Å². The first-order valence-electron chi connectivity index (χ1n) is 4.14. The van der Waals surface area contributed by atoms with Crippen LogP contribution >= 0.6 is 23.4 Å². The summed E-state index contributed by atoms with van der Waals surface area (Å²) in [6.45, 7) is 0. The predicted molar refractivity (Wildman–Crippen MR) is 56.8 cm³/mol. The van der Waals surface area contributed by atoms with Gasteiger partial charge in [0.05, 0.1) is 11.2 Å². The third kappa shape index (κ3) is 2.34. The van der Waals surface area contributed by atoms with Crippen LogP contribution in [0.25, 0.3) is 0 Å². The van der Waals surface area contributed by atoms with Crippen molar-refractivity contribution in [2.24, 2.45) is 0 Å². The number of aromatic nitrogens is 2. The summed E-state index contributed by atoms with van der Waals surface area (Å²) in [5.74, 6) is -1.17. The van der Waals surface area contributed by atoms with Crippen molar-refractivity contribution in [1.29, 1.82) is 0 Å². The Balaban J connectivity index is 2.29. The summed E-state index contributed by atoms with van der Waals surface area (Å²) in [5, 5.41) is 9.78. The van der Waals surface area contributed by atoms with E-state index in [1.165, 1.54) is 18.5 Å². The maximum Gasteiger partial charge on any atom is 0.356 e. The Morgan fingerprint density at radius 2 is 2.31 bits per heavy atom. The molecule has 7 heteroatoms. The smallest absolute Gasteiger partial charge is 0.356 e. The number of carbonyl (C=O) groups is 1. The van der Waals surface area contributed by atoms with Crippen LogP contribution in [0.4, 0.5) is 0 Å². The fourth-order valence-electron chi connectivity index (χ4n) is 0.981. The molecule has 0 bridgehead atoms. The van der Waals surface area contributed by atoms with Gasteiger partial charge in [-0.25, -0.2) is 14.8 Å². The van der Waals surface area contributed by atoms with E-state index in [2.05, 4.69) is 9.97 Å². The average Bonchev–Trinajstić information content (AvgIpc) is 2.73. The Morgan fingerprint density at radius 3 is 2.94 bits per heavy atom. The molecule has 0 radical (unpaired) electrons. The largest absolute Gasteiger partial charge is 0.476 e. The van der Waals surface area contributed by atoms with Gasteiger partial charge in [-0.15, -0.1) is 0 Å². The van der Waals surface area contributed by atoms with E-state index in [0.29, 0.717) is 10.2 Å². The van der Waals surface area contributed by atoms with Crippen molar-refractivity contribution >= 4 is 29.3 Å². The summed E-state index contributed by atoms with van der Waals surface area (Å²) in [5.41, 5.74) is -0.182. The van der Waals surface area contributed by atoms with Crippen molar-refractivity contribution in [1.82, 2.24) is 9.97 Å². The number of aromatic carboxylic acids is 1. The van der Waals surface area contributed by atoms with Gasteiger partial charge in [0, 0.05) is 0 Å². The molecular formula is C9H5ClN2O3S. The number of nitrogens with zero attached hydrogens (tertiary/aromatic N) is 2. The van der Waals surface area contributed by atoms with Crippen molar-refractivity contribution in [2.45, 2.75) is 10.2 Å². The Labute approximate surface area is 99.5 Å². The summed E-state index contributed by atoms with van der Waals surface area (Å²) in [4.78, 5) is 18.5. The first-order valence-corrected chi connectivity index (χ1v) is 5.33. The lowest BCUT2D eigenvalue weighted by molar-refractivity contribution is 0.0690. The second-order valence-corrected chi connectivity index (χ2v) is 4.06. The number of rotatable bonds is 3. The highest BCUT2D eigenvalue weighted by Gasteiger charge is 2.12. The molecule has 0 aromatic carbocycles. The molecule has 5 nitrogen and oxygen atoms in total. The number of halogens is 1. The molecule has 0 aliphatic heterocycles. The molecule has 2 heterocycles. The molecule has 0 aliphatic carbocycles. The lowest BCUT2D eigenvalue weighted by Crippen LogP contribution is -2.01. The predicted octanol–water partition coefficient (Wildman–Crippen LogP) is 2.57. The highest BCUT2D eigenvalue weighted by molar-refractivity contribution is 7.99. The summed E-state index contributed by atoms with van der Waals surface area (Å²) in [6.07, 6.45) is 2.92. The van der Waals surface area contributed by atoms with Gasteiger partial charge in [-0.3, -0.25) is 0 Å². The standard InChI is InChI=1S/C9H5ClN2O3S/c10-5-1-2-6(12-7(5)8(13)14)16-9-11-3-4-15-9/h1-4H,(H,13,14). The Bertz CT molecular complexity index is 515. The molecule has 2 rings (SSSR count). The average molecular weight is 257 g/mol. The van der Waals surface area contributed by atoms with E-state index < -0.39 is 5.97 Å². The first kappa shape index (κ1) is 11.0. The highest BCUT2D eigenvalue weighted by Crippen LogP contribution is 2.26. The normalized spacial score (nSPS) is 10.3. The minimum absolute atomic E-state index is 0.101. The summed E-state index contributed by atoms with van der Waals surface area (Å²) < 4.78 is 5.00. The van der Waals surface area contributed by atoms with Gasteiger partial charge in [-0.2, -0.15) is 0 Å². The quantitative estimate of drug-likeness (QED) is 0.910. The second kappa shape index (κ2) is 4.54. The molecule has 0 unspecified atom stereocenters. The third-order valence-electron chi connectivity index (χ3n) is 1.62. The maximum absolute atomic E-state index is 10.8. The fraction of sp³-hybridized carbons (Fsp3) is 0. The first-order chi connectivity index (χ1) is 7.66. The van der Waals surface area contributed by atoms with Gasteiger partial charge in [-0.05, 0) is 23.9 Å². The second-order valence-electron chi connectivity index (χ2n) is 2.69. The van der Waals surface area contributed by atoms with Gasteiger partial charge in [0.25, 0.3) is 5.22 Å². The lowest BCUT2D eigenvalue weighted by Gasteiger charge is -2.00. The van der Waals surface area contributed by atoms with Crippen molar-refractivity contribution in [3.05, 3.63) is 35.3 Å². The fourth-order valence-corrected chi connectivity index (χ4v) is 1.84.